The van der Waals surface area contributed by atoms with E-state index in [0.29, 0.717) is 12.6 Å². The number of likely N-dealkylation sites (tertiary alicyclic amines) is 1. The minimum Gasteiger partial charge on any atom is -0.381 e. The van der Waals surface area contributed by atoms with Crippen molar-refractivity contribution in [3.63, 3.8) is 0 Å². The Kier molecular flexibility index (Phi) is 7.77. The Hall–Kier alpha value is -1.59. The number of ether oxygens (including phenoxy) is 1. The van der Waals surface area contributed by atoms with Crippen molar-refractivity contribution < 1.29 is 9.53 Å². The van der Waals surface area contributed by atoms with Crippen LogP contribution in [0.1, 0.15) is 37.7 Å². The smallest absolute Gasteiger partial charge is 0.317 e. The van der Waals surface area contributed by atoms with Crippen LogP contribution in [0.3, 0.4) is 0 Å². The summed E-state index contributed by atoms with van der Waals surface area (Å²) in [4.78, 5) is 17.4. The number of carbonyl (C=O) groups is 1. The summed E-state index contributed by atoms with van der Waals surface area (Å²) in [5, 5.41) is 3.14. The van der Waals surface area contributed by atoms with Gasteiger partial charge in [0.15, 0.2) is 0 Å². The molecule has 0 saturated carbocycles. The second-order valence-corrected chi connectivity index (χ2v) is 7.41. The highest BCUT2D eigenvalue weighted by Crippen LogP contribution is 2.16. The number of nitrogens with zero attached hydrogens (tertiary/aromatic N) is 2. The first-order chi connectivity index (χ1) is 12.8. The highest BCUT2D eigenvalue weighted by Gasteiger charge is 2.26. The van der Waals surface area contributed by atoms with Crippen LogP contribution in [0.4, 0.5) is 4.79 Å². The molecule has 5 heteroatoms. The number of benzene rings is 1. The molecule has 0 unspecified atom stereocenters. The van der Waals surface area contributed by atoms with Gasteiger partial charge in [-0.1, -0.05) is 36.8 Å². The Balaban J connectivity index is 1.50. The third-order valence-electron chi connectivity index (χ3n) is 5.53. The molecule has 3 rings (SSSR count). The molecule has 1 aromatic rings. The molecule has 2 amide bonds. The van der Waals surface area contributed by atoms with Crippen LogP contribution in [0.15, 0.2) is 30.3 Å². The Bertz CT molecular complexity index is 525. The maximum Gasteiger partial charge on any atom is 0.317 e. The summed E-state index contributed by atoms with van der Waals surface area (Å²) in [6, 6.07) is 10.7. The molecule has 2 heterocycles. The van der Waals surface area contributed by atoms with E-state index in [9.17, 15) is 4.79 Å². The Morgan fingerprint density at radius 3 is 2.58 bits per heavy atom. The van der Waals surface area contributed by atoms with Gasteiger partial charge in [-0.3, -0.25) is 0 Å². The van der Waals surface area contributed by atoms with E-state index in [2.05, 4.69) is 27.2 Å². The molecule has 0 aliphatic carbocycles. The van der Waals surface area contributed by atoms with Gasteiger partial charge in [0.05, 0.1) is 0 Å². The summed E-state index contributed by atoms with van der Waals surface area (Å²) in [7, 11) is 0. The fourth-order valence-electron chi connectivity index (χ4n) is 3.94. The molecule has 2 aliphatic heterocycles. The number of urea groups is 1. The number of hydrogen-bond acceptors (Lipinski definition) is 3. The van der Waals surface area contributed by atoms with Gasteiger partial charge in [0.1, 0.15) is 0 Å². The number of carbonyl (C=O) groups excluding carboxylic acids is 1. The van der Waals surface area contributed by atoms with E-state index >= 15 is 0 Å². The second-order valence-electron chi connectivity index (χ2n) is 7.41. The summed E-state index contributed by atoms with van der Waals surface area (Å²) in [5.41, 5.74) is 1.26. The van der Waals surface area contributed by atoms with E-state index in [0.717, 1.165) is 45.6 Å². The van der Waals surface area contributed by atoms with Crippen molar-refractivity contribution in [2.75, 3.05) is 45.9 Å². The minimum atomic E-state index is 0.0878. The van der Waals surface area contributed by atoms with E-state index in [-0.39, 0.29) is 6.03 Å². The number of amides is 2. The zero-order valence-corrected chi connectivity index (χ0v) is 15.9. The van der Waals surface area contributed by atoms with Crippen LogP contribution in [0.5, 0.6) is 0 Å². The Morgan fingerprint density at radius 1 is 1.12 bits per heavy atom. The molecular weight excluding hydrogens is 326 g/mol. The number of hydrogen-bond donors (Lipinski definition) is 1. The first-order valence-electron chi connectivity index (χ1n) is 10.2. The van der Waals surface area contributed by atoms with Gasteiger partial charge in [-0.2, -0.15) is 0 Å². The maximum absolute atomic E-state index is 12.9. The van der Waals surface area contributed by atoms with Crippen molar-refractivity contribution in [1.82, 2.24) is 15.1 Å². The number of rotatable bonds is 7. The quantitative estimate of drug-likeness (QED) is 0.814. The summed E-state index contributed by atoms with van der Waals surface area (Å²) >= 11 is 0. The maximum atomic E-state index is 12.9. The van der Waals surface area contributed by atoms with Crippen LogP contribution < -0.4 is 5.32 Å². The average molecular weight is 360 g/mol. The lowest BCUT2D eigenvalue weighted by atomic mass is 10.1. The van der Waals surface area contributed by atoms with Crippen molar-refractivity contribution in [3.05, 3.63) is 35.9 Å². The minimum absolute atomic E-state index is 0.0878. The fourth-order valence-corrected chi connectivity index (χ4v) is 3.94. The number of piperidine rings is 1. The molecule has 5 nitrogen and oxygen atoms in total. The van der Waals surface area contributed by atoms with Crippen molar-refractivity contribution in [1.29, 1.82) is 0 Å². The molecule has 2 saturated heterocycles. The first kappa shape index (κ1) is 19.2. The van der Waals surface area contributed by atoms with Gasteiger partial charge in [0.2, 0.25) is 0 Å². The Morgan fingerprint density at radius 2 is 1.85 bits per heavy atom. The molecule has 26 heavy (non-hydrogen) atoms. The molecule has 0 bridgehead atoms. The zero-order chi connectivity index (χ0) is 18.0. The monoisotopic (exact) mass is 359 g/mol. The molecule has 2 aliphatic rings. The standard InChI is InChI=1S/C21H33N3O2/c25-21(22-12-9-19-7-3-1-4-8-19)24(20-10-17-26-18-11-20)16-15-23-13-5-2-6-14-23/h1,3-4,7-8,20H,2,5-6,9-18H2,(H,22,25). The normalized spacial score (nSPS) is 19.2. The second kappa shape index (κ2) is 10.5. The van der Waals surface area contributed by atoms with Gasteiger partial charge in [-0.15, -0.1) is 0 Å². The highest BCUT2D eigenvalue weighted by molar-refractivity contribution is 5.74. The van der Waals surface area contributed by atoms with Crippen LogP contribution in [-0.2, 0) is 11.2 Å². The molecule has 2 fully saturated rings. The Labute approximate surface area is 157 Å². The van der Waals surface area contributed by atoms with Crippen molar-refractivity contribution in [3.8, 4) is 0 Å². The molecular formula is C21H33N3O2. The van der Waals surface area contributed by atoms with Crippen LogP contribution in [-0.4, -0.2) is 67.8 Å². The largest absolute Gasteiger partial charge is 0.381 e. The van der Waals surface area contributed by atoms with Crippen molar-refractivity contribution in [2.24, 2.45) is 0 Å². The highest BCUT2D eigenvalue weighted by atomic mass is 16.5. The van der Waals surface area contributed by atoms with Gasteiger partial charge >= 0.3 is 6.03 Å². The van der Waals surface area contributed by atoms with E-state index in [1.807, 2.05) is 18.2 Å². The van der Waals surface area contributed by atoms with Crippen molar-refractivity contribution in [2.45, 2.75) is 44.6 Å². The summed E-state index contributed by atoms with van der Waals surface area (Å²) in [5.74, 6) is 0. The average Bonchev–Trinajstić information content (AvgIpc) is 2.70. The molecule has 0 radical (unpaired) electrons. The van der Waals surface area contributed by atoms with E-state index in [1.165, 1.54) is 37.9 Å². The van der Waals surface area contributed by atoms with Crippen LogP contribution in [0.25, 0.3) is 0 Å². The third kappa shape index (κ3) is 5.99. The predicted molar refractivity (Wildman–Crippen MR) is 104 cm³/mol. The number of nitrogens with one attached hydrogen (secondary N) is 1. The molecule has 1 aromatic carbocycles. The lowest BCUT2D eigenvalue weighted by Gasteiger charge is -2.36. The predicted octanol–water partition coefficient (Wildman–Crippen LogP) is 2.91. The van der Waals surface area contributed by atoms with Gasteiger partial charge < -0.3 is 19.9 Å². The van der Waals surface area contributed by atoms with Crippen LogP contribution >= 0.6 is 0 Å². The molecule has 144 valence electrons. The van der Waals surface area contributed by atoms with E-state index in [1.54, 1.807) is 0 Å². The van der Waals surface area contributed by atoms with Crippen LogP contribution in [0, 0.1) is 0 Å². The lowest BCUT2D eigenvalue weighted by Crippen LogP contribution is -2.51. The van der Waals surface area contributed by atoms with Gasteiger partial charge in [-0.25, -0.2) is 4.79 Å². The van der Waals surface area contributed by atoms with Gasteiger partial charge in [0, 0.05) is 38.9 Å². The van der Waals surface area contributed by atoms with E-state index < -0.39 is 0 Å². The molecule has 0 spiro atoms. The zero-order valence-electron chi connectivity index (χ0n) is 15.9. The van der Waals surface area contributed by atoms with E-state index in [4.69, 9.17) is 4.74 Å². The topological polar surface area (TPSA) is 44.8 Å². The third-order valence-corrected chi connectivity index (χ3v) is 5.53. The molecule has 1 N–H and O–H groups in total. The first-order valence-corrected chi connectivity index (χ1v) is 10.2. The van der Waals surface area contributed by atoms with Crippen LogP contribution in [0.2, 0.25) is 0 Å². The lowest BCUT2D eigenvalue weighted by molar-refractivity contribution is 0.0425. The van der Waals surface area contributed by atoms with Crippen molar-refractivity contribution >= 4 is 6.03 Å². The molecule has 0 atom stereocenters. The van der Waals surface area contributed by atoms with Gasteiger partial charge in [0.25, 0.3) is 0 Å². The SMILES string of the molecule is O=C(NCCc1ccccc1)N(CCN1CCCCC1)C1CCOCC1. The summed E-state index contributed by atoms with van der Waals surface area (Å²) in [6.07, 6.45) is 6.71. The van der Waals surface area contributed by atoms with Gasteiger partial charge in [-0.05, 0) is 50.8 Å². The summed E-state index contributed by atoms with van der Waals surface area (Å²) in [6.45, 7) is 6.39. The summed E-state index contributed by atoms with van der Waals surface area (Å²) < 4.78 is 5.49. The fraction of sp³-hybridized carbons (Fsp3) is 0.667. The molecule has 0 aromatic heterocycles.